The van der Waals surface area contributed by atoms with Crippen molar-refractivity contribution >= 4 is 22.9 Å². The third-order valence-electron chi connectivity index (χ3n) is 3.49. The fraction of sp³-hybridized carbons (Fsp3) is 0.286. The SMILES string of the molecule is Clc1cccc(C2(Cc3ccsc3)CNC2)c1. The third kappa shape index (κ3) is 2.13. The van der Waals surface area contributed by atoms with Crippen molar-refractivity contribution in [1.82, 2.24) is 5.32 Å². The zero-order chi connectivity index (χ0) is 11.7. The van der Waals surface area contributed by atoms with Gasteiger partial charge in [0.2, 0.25) is 0 Å². The maximum absolute atomic E-state index is 6.10. The zero-order valence-corrected chi connectivity index (χ0v) is 11.0. The smallest absolute Gasteiger partial charge is 0.0408 e. The van der Waals surface area contributed by atoms with Crippen LogP contribution in [0.1, 0.15) is 11.1 Å². The second-order valence-corrected chi connectivity index (χ2v) is 5.92. The van der Waals surface area contributed by atoms with Gasteiger partial charge in [0.15, 0.2) is 0 Å². The van der Waals surface area contributed by atoms with Crippen LogP contribution in [0, 0.1) is 0 Å². The molecule has 17 heavy (non-hydrogen) atoms. The van der Waals surface area contributed by atoms with Gasteiger partial charge in [0.25, 0.3) is 0 Å². The molecule has 1 saturated heterocycles. The van der Waals surface area contributed by atoms with E-state index in [1.54, 1.807) is 11.3 Å². The van der Waals surface area contributed by atoms with Crippen molar-refractivity contribution in [2.45, 2.75) is 11.8 Å². The molecule has 1 aromatic heterocycles. The fourth-order valence-electron chi connectivity index (χ4n) is 2.46. The highest BCUT2D eigenvalue weighted by Gasteiger charge is 2.38. The predicted molar refractivity (Wildman–Crippen MR) is 74.0 cm³/mol. The number of hydrogen-bond donors (Lipinski definition) is 1. The number of benzene rings is 1. The summed E-state index contributed by atoms with van der Waals surface area (Å²) in [5.74, 6) is 0. The summed E-state index contributed by atoms with van der Waals surface area (Å²) in [6, 6.07) is 10.5. The highest BCUT2D eigenvalue weighted by atomic mass is 35.5. The van der Waals surface area contributed by atoms with Crippen molar-refractivity contribution in [2.75, 3.05) is 13.1 Å². The molecule has 0 spiro atoms. The number of hydrogen-bond acceptors (Lipinski definition) is 2. The first-order chi connectivity index (χ1) is 8.28. The van der Waals surface area contributed by atoms with Crippen molar-refractivity contribution in [2.24, 2.45) is 0 Å². The molecule has 0 bridgehead atoms. The van der Waals surface area contributed by atoms with Crippen LogP contribution in [0.4, 0.5) is 0 Å². The van der Waals surface area contributed by atoms with Crippen LogP contribution in [0.2, 0.25) is 5.02 Å². The lowest BCUT2D eigenvalue weighted by atomic mass is 9.71. The number of thiophene rings is 1. The maximum Gasteiger partial charge on any atom is 0.0408 e. The highest BCUT2D eigenvalue weighted by Crippen LogP contribution is 2.34. The van der Waals surface area contributed by atoms with Gasteiger partial charge >= 0.3 is 0 Å². The van der Waals surface area contributed by atoms with Gasteiger partial charge in [-0.2, -0.15) is 11.3 Å². The van der Waals surface area contributed by atoms with E-state index in [-0.39, 0.29) is 5.41 Å². The van der Waals surface area contributed by atoms with Gasteiger partial charge < -0.3 is 5.32 Å². The minimum absolute atomic E-state index is 0.242. The van der Waals surface area contributed by atoms with Crippen LogP contribution in [0.5, 0.6) is 0 Å². The molecule has 88 valence electrons. The van der Waals surface area contributed by atoms with Crippen LogP contribution in [0.15, 0.2) is 41.1 Å². The normalized spacial score (nSPS) is 17.7. The van der Waals surface area contributed by atoms with Gasteiger partial charge in [-0.05, 0) is 46.5 Å². The van der Waals surface area contributed by atoms with E-state index in [1.807, 2.05) is 12.1 Å². The molecule has 2 heterocycles. The van der Waals surface area contributed by atoms with Crippen molar-refractivity contribution < 1.29 is 0 Å². The molecule has 1 aromatic carbocycles. The Balaban J connectivity index is 1.92. The first kappa shape index (κ1) is 11.3. The monoisotopic (exact) mass is 263 g/mol. The first-order valence-corrected chi connectivity index (χ1v) is 7.08. The molecule has 0 atom stereocenters. The van der Waals surface area contributed by atoms with Gasteiger partial charge in [0.1, 0.15) is 0 Å². The van der Waals surface area contributed by atoms with E-state index in [0.717, 1.165) is 24.5 Å². The molecule has 1 N–H and O–H groups in total. The highest BCUT2D eigenvalue weighted by molar-refractivity contribution is 7.07. The summed E-state index contributed by atoms with van der Waals surface area (Å²) in [6.07, 6.45) is 1.10. The molecule has 0 saturated carbocycles. The Hall–Kier alpha value is -0.830. The Kier molecular flexibility index (Phi) is 2.95. The van der Waals surface area contributed by atoms with E-state index in [1.165, 1.54) is 11.1 Å². The van der Waals surface area contributed by atoms with Gasteiger partial charge in [0.05, 0.1) is 0 Å². The summed E-state index contributed by atoms with van der Waals surface area (Å²) in [7, 11) is 0. The van der Waals surface area contributed by atoms with E-state index in [2.05, 4.69) is 34.3 Å². The summed E-state index contributed by atoms with van der Waals surface area (Å²) in [5.41, 5.74) is 3.03. The van der Waals surface area contributed by atoms with Crippen LogP contribution >= 0.6 is 22.9 Å². The second-order valence-electron chi connectivity index (χ2n) is 4.70. The molecule has 1 aliphatic heterocycles. The van der Waals surface area contributed by atoms with Crippen molar-refractivity contribution in [1.29, 1.82) is 0 Å². The molecule has 0 unspecified atom stereocenters. The average molecular weight is 264 g/mol. The molecular formula is C14H14ClNS. The lowest BCUT2D eigenvalue weighted by Crippen LogP contribution is -2.58. The molecular weight excluding hydrogens is 250 g/mol. The number of nitrogens with one attached hydrogen (secondary N) is 1. The van der Waals surface area contributed by atoms with E-state index in [4.69, 9.17) is 11.6 Å². The molecule has 3 heteroatoms. The molecule has 1 fully saturated rings. The van der Waals surface area contributed by atoms with Crippen molar-refractivity contribution in [3.8, 4) is 0 Å². The van der Waals surface area contributed by atoms with Crippen molar-refractivity contribution in [3.05, 3.63) is 57.2 Å². The summed E-state index contributed by atoms with van der Waals surface area (Å²) >= 11 is 7.86. The Bertz CT molecular complexity index is 503. The summed E-state index contributed by atoms with van der Waals surface area (Å²) in [6.45, 7) is 2.09. The Morgan fingerprint density at radius 1 is 1.29 bits per heavy atom. The Morgan fingerprint density at radius 2 is 2.18 bits per heavy atom. The minimum atomic E-state index is 0.242. The lowest BCUT2D eigenvalue weighted by Gasteiger charge is -2.43. The van der Waals surface area contributed by atoms with Crippen LogP contribution in [-0.2, 0) is 11.8 Å². The average Bonchev–Trinajstić information content (AvgIpc) is 2.76. The van der Waals surface area contributed by atoms with Gasteiger partial charge in [-0.25, -0.2) is 0 Å². The second kappa shape index (κ2) is 4.45. The van der Waals surface area contributed by atoms with Gasteiger partial charge in [0, 0.05) is 23.5 Å². The fourth-order valence-corrected chi connectivity index (χ4v) is 3.32. The van der Waals surface area contributed by atoms with Crippen LogP contribution in [-0.4, -0.2) is 13.1 Å². The molecule has 0 amide bonds. The van der Waals surface area contributed by atoms with Crippen molar-refractivity contribution in [3.63, 3.8) is 0 Å². The van der Waals surface area contributed by atoms with E-state index in [9.17, 15) is 0 Å². The summed E-state index contributed by atoms with van der Waals surface area (Å²) in [4.78, 5) is 0. The maximum atomic E-state index is 6.10. The summed E-state index contributed by atoms with van der Waals surface area (Å²) < 4.78 is 0. The zero-order valence-electron chi connectivity index (χ0n) is 9.45. The standard InChI is InChI=1S/C14H14ClNS/c15-13-3-1-2-12(6-13)14(9-16-10-14)7-11-4-5-17-8-11/h1-6,8,16H,7,9-10H2. The largest absolute Gasteiger partial charge is 0.315 e. The number of rotatable bonds is 3. The lowest BCUT2D eigenvalue weighted by molar-refractivity contribution is 0.275. The van der Waals surface area contributed by atoms with Gasteiger partial charge in [-0.15, -0.1) is 0 Å². The number of halogens is 1. The third-order valence-corrected chi connectivity index (χ3v) is 4.45. The molecule has 2 aromatic rings. The quantitative estimate of drug-likeness (QED) is 0.894. The van der Waals surface area contributed by atoms with Crippen LogP contribution in [0.25, 0.3) is 0 Å². The molecule has 1 aliphatic rings. The molecule has 0 aliphatic carbocycles. The Labute approximate surface area is 110 Å². The summed E-state index contributed by atoms with van der Waals surface area (Å²) in [5, 5.41) is 8.61. The minimum Gasteiger partial charge on any atom is -0.315 e. The Morgan fingerprint density at radius 3 is 2.76 bits per heavy atom. The molecule has 0 radical (unpaired) electrons. The topological polar surface area (TPSA) is 12.0 Å². The predicted octanol–water partition coefficient (Wildman–Crippen LogP) is 3.49. The molecule has 3 rings (SSSR count). The van der Waals surface area contributed by atoms with E-state index < -0.39 is 0 Å². The van der Waals surface area contributed by atoms with E-state index >= 15 is 0 Å². The first-order valence-electron chi connectivity index (χ1n) is 5.76. The van der Waals surface area contributed by atoms with Crippen LogP contribution < -0.4 is 5.32 Å². The van der Waals surface area contributed by atoms with Gasteiger partial charge in [-0.1, -0.05) is 23.7 Å². The van der Waals surface area contributed by atoms with Crippen LogP contribution in [0.3, 0.4) is 0 Å². The molecule has 1 nitrogen and oxygen atoms in total. The van der Waals surface area contributed by atoms with Gasteiger partial charge in [-0.3, -0.25) is 0 Å². The van der Waals surface area contributed by atoms with E-state index in [0.29, 0.717) is 0 Å².